The summed E-state index contributed by atoms with van der Waals surface area (Å²) in [6.45, 7) is 8.11. The van der Waals surface area contributed by atoms with Gasteiger partial charge in [-0.1, -0.05) is 54.6 Å². The number of benzene rings is 2. The smallest absolute Gasteiger partial charge is 0.449 e. The van der Waals surface area contributed by atoms with Gasteiger partial charge in [0.1, 0.15) is 6.61 Å². The van der Waals surface area contributed by atoms with E-state index < -0.39 is 30.5 Å². The van der Waals surface area contributed by atoms with Crippen LogP contribution in [0.3, 0.4) is 0 Å². The molecule has 2 aromatic carbocycles. The van der Waals surface area contributed by atoms with Crippen molar-refractivity contribution in [3.8, 4) is 11.1 Å². The van der Waals surface area contributed by atoms with Crippen LogP contribution in [0.25, 0.3) is 17.2 Å². The number of amides is 1. The Labute approximate surface area is 216 Å². The molecule has 5 rings (SSSR count). The van der Waals surface area contributed by atoms with Crippen molar-refractivity contribution in [3.63, 3.8) is 0 Å². The number of hydrogen-bond donors (Lipinski definition) is 1. The average Bonchev–Trinajstić information content (AvgIpc) is 3.30. The van der Waals surface area contributed by atoms with Crippen molar-refractivity contribution in [1.29, 1.82) is 0 Å². The van der Waals surface area contributed by atoms with Gasteiger partial charge in [0.05, 0.1) is 11.2 Å². The molecule has 0 saturated carbocycles. The molecule has 0 bridgehead atoms. The Bertz CT molecular complexity index is 1280. The SMILES string of the molecule is CC1(C)OB(C(=Cc2cnc(F)nc2)CNC(=O)OCC2c3ccccc3-c3ccccc32)OC1(C)C. The van der Waals surface area contributed by atoms with Gasteiger partial charge in [-0.25, -0.2) is 14.8 Å². The number of carbonyl (C=O) groups is 1. The molecular formula is C28H29BFN3O4. The monoisotopic (exact) mass is 501 g/mol. The Morgan fingerprint density at radius 1 is 1.00 bits per heavy atom. The lowest BCUT2D eigenvalue weighted by Gasteiger charge is -2.32. The summed E-state index contributed by atoms with van der Waals surface area (Å²) >= 11 is 0. The van der Waals surface area contributed by atoms with E-state index in [2.05, 4.69) is 39.6 Å². The Kier molecular flexibility index (Phi) is 6.60. The minimum Gasteiger partial charge on any atom is -0.449 e. The fourth-order valence-corrected chi connectivity index (χ4v) is 4.63. The Balaban J connectivity index is 1.29. The van der Waals surface area contributed by atoms with Crippen LogP contribution in [0.2, 0.25) is 0 Å². The molecule has 2 aliphatic rings. The highest BCUT2D eigenvalue weighted by Gasteiger charge is 2.52. The zero-order valence-corrected chi connectivity index (χ0v) is 21.3. The molecule has 9 heteroatoms. The summed E-state index contributed by atoms with van der Waals surface area (Å²) in [5.41, 5.74) is 4.66. The molecule has 0 spiro atoms. The number of nitrogens with zero attached hydrogens (tertiary/aromatic N) is 2. The molecule has 1 aromatic heterocycles. The van der Waals surface area contributed by atoms with E-state index in [1.807, 2.05) is 52.0 Å². The molecular weight excluding hydrogens is 472 g/mol. The van der Waals surface area contributed by atoms with Crippen molar-refractivity contribution in [3.05, 3.63) is 89.2 Å². The van der Waals surface area contributed by atoms with Gasteiger partial charge in [0.15, 0.2) is 0 Å². The zero-order chi connectivity index (χ0) is 26.2. The number of rotatable bonds is 6. The normalized spacial score (nSPS) is 17.9. The van der Waals surface area contributed by atoms with Gasteiger partial charge in [-0.05, 0) is 55.4 Å². The summed E-state index contributed by atoms with van der Waals surface area (Å²) in [6, 6.07) is 16.4. The van der Waals surface area contributed by atoms with Crippen molar-refractivity contribution in [1.82, 2.24) is 15.3 Å². The van der Waals surface area contributed by atoms with Crippen molar-refractivity contribution in [2.45, 2.75) is 44.8 Å². The molecule has 0 radical (unpaired) electrons. The highest BCUT2D eigenvalue weighted by molar-refractivity contribution is 6.56. The predicted molar refractivity (Wildman–Crippen MR) is 139 cm³/mol. The molecule has 1 N–H and O–H groups in total. The second-order valence-corrected chi connectivity index (χ2v) is 10.3. The molecule has 1 aliphatic heterocycles. The van der Waals surface area contributed by atoms with E-state index in [0.29, 0.717) is 11.0 Å². The summed E-state index contributed by atoms with van der Waals surface area (Å²) in [5.74, 6) is -0.0346. The summed E-state index contributed by atoms with van der Waals surface area (Å²) in [6.07, 6.45) is 3.08. The number of hydrogen-bond acceptors (Lipinski definition) is 6. The standard InChI is InChI=1S/C28H29BFN3O4/c1-27(2)28(3,4)37-29(36-27)19(13-18-14-31-25(30)32-15-18)16-33-26(34)35-17-24-22-11-7-5-9-20(22)21-10-6-8-12-23(21)24/h5-15,24H,16-17H2,1-4H3,(H,33,34). The van der Waals surface area contributed by atoms with E-state index in [4.69, 9.17) is 14.0 Å². The lowest BCUT2D eigenvalue weighted by Crippen LogP contribution is -2.41. The molecule has 0 unspecified atom stereocenters. The van der Waals surface area contributed by atoms with Gasteiger partial charge in [0.2, 0.25) is 0 Å². The first-order valence-electron chi connectivity index (χ1n) is 12.3. The molecule has 1 amide bonds. The van der Waals surface area contributed by atoms with Crippen LogP contribution in [0.5, 0.6) is 0 Å². The second-order valence-electron chi connectivity index (χ2n) is 10.3. The molecule has 190 valence electrons. The largest absolute Gasteiger partial charge is 0.492 e. The predicted octanol–water partition coefficient (Wildman–Crippen LogP) is 5.17. The van der Waals surface area contributed by atoms with E-state index >= 15 is 0 Å². The van der Waals surface area contributed by atoms with Crippen LogP contribution in [0.15, 0.2) is 66.4 Å². The lowest BCUT2D eigenvalue weighted by atomic mass is 9.77. The summed E-state index contributed by atoms with van der Waals surface area (Å²) in [5, 5.41) is 2.81. The molecule has 1 fully saturated rings. The molecule has 0 atom stereocenters. The maximum Gasteiger partial charge on any atom is 0.492 e. The number of halogens is 1. The third-order valence-corrected chi connectivity index (χ3v) is 7.33. The fourth-order valence-electron chi connectivity index (χ4n) is 4.63. The van der Waals surface area contributed by atoms with Gasteiger partial charge in [0.25, 0.3) is 0 Å². The third kappa shape index (κ3) is 5.01. The van der Waals surface area contributed by atoms with E-state index in [0.717, 1.165) is 11.1 Å². The van der Waals surface area contributed by atoms with Gasteiger partial charge >= 0.3 is 19.3 Å². The summed E-state index contributed by atoms with van der Waals surface area (Å²) in [4.78, 5) is 20.0. The van der Waals surface area contributed by atoms with Gasteiger partial charge in [0, 0.05) is 30.4 Å². The third-order valence-electron chi connectivity index (χ3n) is 7.33. The van der Waals surface area contributed by atoms with Crippen molar-refractivity contribution in [2.24, 2.45) is 0 Å². The Hall–Kier alpha value is -3.56. The quantitative estimate of drug-likeness (QED) is 0.371. The van der Waals surface area contributed by atoms with Crippen molar-refractivity contribution in [2.75, 3.05) is 13.2 Å². The number of ether oxygens (including phenoxy) is 1. The van der Waals surface area contributed by atoms with Crippen LogP contribution in [-0.4, -0.2) is 47.5 Å². The van der Waals surface area contributed by atoms with Crippen LogP contribution < -0.4 is 5.32 Å². The Morgan fingerprint density at radius 2 is 1.54 bits per heavy atom. The maximum atomic E-state index is 13.2. The zero-order valence-electron chi connectivity index (χ0n) is 21.3. The molecule has 2 heterocycles. The molecule has 7 nitrogen and oxygen atoms in total. The number of fused-ring (bicyclic) bond motifs is 3. The van der Waals surface area contributed by atoms with Crippen LogP contribution in [0.4, 0.5) is 9.18 Å². The number of carbonyl (C=O) groups excluding carboxylic acids is 1. The van der Waals surface area contributed by atoms with E-state index in [1.165, 1.54) is 23.5 Å². The molecule has 1 saturated heterocycles. The molecule has 37 heavy (non-hydrogen) atoms. The van der Waals surface area contributed by atoms with Gasteiger partial charge in [-0.3, -0.25) is 0 Å². The fraction of sp³-hybridized carbons (Fsp3) is 0.321. The maximum absolute atomic E-state index is 13.2. The first-order chi connectivity index (χ1) is 17.6. The van der Waals surface area contributed by atoms with Crippen molar-refractivity contribution >= 4 is 19.3 Å². The second kappa shape index (κ2) is 9.72. The minimum atomic E-state index is -0.814. The van der Waals surface area contributed by atoms with E-state index in [-0.39, 0.29) is 19.1 Å². The van der Waals surface area contributed by atoms with Gasteiger partial charge in [-0.15, -0.1) is 0 Å². The van der Waals surface area contributed by atoms with Crippen LogP contribution in [-0.2, 0) is 14.0 Å². The summed E-state index contributed by atoms with van der Waals surface area (Å²) < 4.78 is 31.2. The Morgan fingerprint density at radius 3 is 2.11 bits per heavy atom. The first kappa shape index (κ1) is 25.1. The van der Waals surface area contributed by atoms with Gasteiger partial charge in [-0.2, -0.15) is 4.39 Å². The number of nitrogens with one attached hydrogen (secondary N) is 1. The van der Waals surface area contributed by atoms with Crippen molar-refractivity contribution < 1.29 is 23.2 Å². The molecule has 3 aromatic rings. The summed E-state index contributed by atoms with van der Waals surface area (Å²) in [7, 11) is -0.719. The first-order valence-corrected chi connectivity index (χ1v) is 12.3. The van der Waals surface area contributed by atoms with E-state index in [9.17, 15) is 9.18 Å². The average molecular weight is 501 g/mol. The topological polar surface area (TPSA) is 82.6 Å². The van der Waals surface area contributed by atoms with Crippen LogP contribution in [0.1, 0.15) is 50.3 Å². The van der Waals surface area contributed by atoms with Gasteiger partial charge < -0.3 is 19.4 Å². The number of alkyl carbamates (subject to hydrolysis) is 1. The molecule has 1 aliphatic carbocycles. The lowest BCUT2D eigenvalue weighted by molar-refractivity contribution is 0.00578. The van der Waals surface area contributed by atoms with E-state index in [1.54, 1.807) is 6.08 Å². The van der Waals surface area contributed by atoms with Crippen LogP contribution in [0, 0.1) is 6.08 Å². The highest BCUT2D eigenvalue weighted by Crippen LogP contribution is 2.44. The van der Waals surface area contributed by atoms with Crippen LogP contribution >= 0.6 is 0 Å². The highest BCUT2D eigenvalue weighted by atomic mass is 19.1. The number of aromatic nitrogens is 2. The minimum absolute atomic E-state index is 0.0346.